The molecule has 2 aliphatic heterocycles. The van der Waals surface area contributed by atoms with Crippen LogP contribution in [0.4, 0.5) is 0 Å². The van der Waals surface area contributed by atoms with E-state index < -0.39 is 0 Å². The molecule has 0 aromatic carbocycles. The van der Waals surface area contributed by atoms with Gasteiger partial charge in [0.2, 0.25) is 5.91 Å². The molecule has 2 rings (SSSR count). The van der Waals surface area contributed by atoms with Gasteiger partial charge in [0, 0.05) is 32.2 Å². The Bertz CT molecular complexity index is 258. The van der Waals surface area contributed by atoms with Crippen molar-refractivity contribution in [3.05, 3.63) is 0 Å². The van der Waals surface area contributed by atoms with Gasteiger partial charge in [-0.15, -0.1) is 12.4 Å². The molecule has 0 aliphatic carbocycles. The van der Waals surface area contributed by atoms with Crippen molar-refractivity contribution in [3.63, 3.8) is 0 Å². The van der Waals surface area contributed by atoms with Crippen LogP contribution in [0.25, 0.3) is 0 Å². The van der Waals surface area contributed by atoms with Crippen LogP contribution in [0.2, 0.25) is 0 Å². The van der Waals surface area contributed by atoms with Crippen molar-refractivity contribution in [3.8, 4) is 0 Å². The Labute approximate surface area is 110 Å². The van der Waals surface area contributed by atoms with Gasteiger partial charge in [-0.1, -0.05) is 6.92 Å². The van der Waals surface area contributed by atoms with Crippen molar-refractivity contribution < 1.29 is 4.79 Å². The summed E-state index contributed by atoms with van der Waals surface area (Å²) in [5.74, 6) is 0.981. The van der Waals surface area contributed by atoms with Gasteiger partial charge in [0.05, 0.1) is 6.54 Å². The van der Waals surface area contributed by atoms with Crippen LogP contribution in [0.3, 0.4) is 0 Å². The fourth-order valence-electron chi connectivity index (χ4n) is 2.44. The predicted molar refractivity (Wildman–Crippen MR) is 71.5 cm³/mol. The Morgan fingerprint density at radius 2 is 2.18 bits per heavy atom. The zero-order chi connectivity index (χ0) is 11.5. The average molecular weight is 262 g/mol. The maximum atomic E-state index is 12.1. The highest BCUT2D eigenvalue weighted by atomic mass is 35.5. The molecule has 0 bridgehead atoms. The number of carbonyl (C=O) groups is 1. The summed E-state index contributed by atoms with van der Waals surface area (Å²) < 4.78 is 0. The van der Waals surface area contributed by atoms with Crippen molar-refractivity contribution in [2.24, 2.45) is 5.92 Å². The zero-order valence-electron chi connectivity index (χ0n) is 10.8. The number of piperidine rings is 1. The second-order valence-corrected chi connectivity index (χ2v) is 5.31. The molecule has 1 unspecified atom stereocenters. The number of nitrogens with zero attached hydrogens (tertiary/aromatic N) is 2. The Morgan fingerprint density at radius 3 is 2.71 bits per heavy atom. The molecule has 4 nitrogen and oxygen atoms in total. The second-order valence-electron chi connectivity index (χ2n) is 5.31. The minimum Gasteiger partial charge on any atom is -0.341 e. The largest absolute Gasteiger partial charge is 0.341 e. The van der Waals surface area contributed by atoms with Gasteiger partial charge < -0.3 is 10.2 Å². The summed E-state index contributed by atoms with van der Waals surface area (Å²) in [6.45, 7) is 6.79. The van der Waals surface area contributed by atoms with E-state index in [0.29, 0.717) is 24.4 Å². The molecule has 0 saturated carbocycles. The Kier molecular flexibility index (Phi) is 5.70. The molecule has 1 N–H and O–H groups in total. The van der Waals surface area contributed by atoms with E-state index in [1.54, 1.807) is 0 Å². The molecule has 5 heteroatoms. The zero-order valence-corrected chi connectivity index (χ0v) is 11.6. The Balaban J connectivity index is 0.00000144. The number of rotatable bonds is 3. The molecule has 1 amide bonds. The normalized spacial score (nSPS) is 25.4. The number of amides is 1. The van der Waals surface area contributed by atoms with Crippen LogP contribution in [0.5, 0.6) is 0 Å². The van der Waals surface area contributed by atoms with E-state index in [1.807, 2.05) is 4.90 Å². The van der Waals surface area contributed by atoms with Crippen LogP contribution in [0.1, 0.15) is 19.8 Å². The van der Waals surface area contributed by atoms with Crippen LogP contribution in [0.15, 0.2) is 0 Å². The first-order valence-corrected chi connectivity index (χ1v) is 6.35. The number of hydrogen-bond acceptors (Lipinski definition) is 3. The van der Waals surface area contributed by atoms with Gasteiger partial charge in [0.25, 0.3) is 0 Å². The molecule has 0 radical (unpaired) electrons. The van der Waals surface area contributed by atoms with Gasteiger partial charge in [-0.3, -0.25) is 9.69 Å². The van der Waals surface area contributed by atoms with E-state index in [4.69, 9.17) is 0 Å². The highest BCUT2D eigenvalue weighted by Gasteiger charge is 2.26. The van der Waals surface area contributed by atoms with Crippen LogP contribution in [0, 0.1) is 5.92 Å². The first-order chi connectivity index (χ1) is 7.66. The molecule has 2 fully saturated rings. The van der Waals surface area contributed by atoms with Gasteiger partial charge in [0.1, 0.15) is 0 Å². The minimum atomic E-state index is 0. The van der Waals surface area contributed by atoms with Crippen molar-refractivity contribution in [2.45, 2.75) is 25.8 Å². The lowest BCUT2D eigenvalue weighted by Gasteiger charge is -2.37. The molecule has 2 aliphatic rings. The van der Waals surface area contributed by atoms with Gasteiger partial charge in [0.15, 0.2) is 0 Å². The third kappa shape index (κ3) is 3.83. The van der Waals surface area contributed by atoms with Crippen LogP contribution in [-0.2, 0) is 4.79 Å². The minimum absolute atomic E-state index is 0. The van der Waals surface area contributed by atoms with E-state index >= 15 is 0 Å². The third-order valence-electron chi connectivity index (χ3n) is 3.78. The highest BCUT2D eigenvalue weighted by molar-refractivity contribution is 5.85. The SMILES string of the molecule is CC1CCCN(C(=O)CN(C)C2CNC2)C1.Cl. The van der Waals surface area contributed by atoms with E-state index in [9.17, 15) is 4.79 Å². The highest BCUT2D eigenvalue weighted by Crippen LogP contribution is 2.15. The average Bonchev–Trinajstić information content (AvgIpc) is 2.14. The maximum absolute atomic E-state index is 12.1. The number of halogens is 1. The molecule has 2 heterocycles. The summed E-state index contributed by atoms with van der Waals surface area (Å²) in [7, 11) is 2.05. The van der Waals surface area contributed by atoms with Gasteiger partial charge in [-0.25, -0.2) is 0 Å². The first-order valence-electron chi connectivity index (χ1n) is 6.35. The van der Waals surface area contributed by atoms with E-state index in [2.05, 4.69) is 24.2 Å². The van der Waals surface area contributed by atoms with Crippen molar-refractivity contribution in [1.82, 2.24) is 15.1 Å². The predicted octanol–water partition coefficient (Wildman–Crippen LogP) is 0.570. The van der Waals surface area contributed by atoms with E-state index in [1.165, 1.54) is 12.8 Å². The fraction of sp³-hybridized carbons (Fsp3) is 0.917. The van der Waals surface area contributed by atoms with E-state index in [0.717, 1.165) is 26.2 Å². The van der Waals surface area contributed by atoms with Gasteiger partial charge in [-0.05, 0) is 25.8 Å². The monoisotopic (exact) mass is 261 g/mol. The topological polar surface area (TPSA) is 35.6 Å². The number of nitrogens with one attached hydrogen (secondary N) is 1. The molecule has 0 aromatic heterocycles. The first kappa shape index (κ1) is 14.7. The Morgan fingerprint density at radius 1 is 1.47 bits per heavy atom. The standard InChI is InChI=1S/C12H23N3O.ClH/c1-10-4-3-5-15(8-10)12(16)9-14(2)11-6-13-7-11;/h10-11,13H,3-9H2,1-2H3;1H. The molecular weight excluding hydrogens is 238 g/mol. The van der Waals surface area contributed by atoms with Crippen molar-refractivity contribution >= 4 is 18.3 Å². The molecule has 0 aromatic rings. The maximum Gasteiger partial charge on any atom is 0.236 e. The summed E-state index contributed by atoms with van der Waals surface area (Å²) in [5, 5.41) is 3.24. The molecule has 2 saturated heterocycles. The Hall–Kier alpha value is -0.320. The smallest absolute Gasteiger partial charge is 0.236 e. The van der Waals surface area contributed by atoms with E-state index in [-0.39, 0.29) is 12.4 Å². The molecule has 0 spiro atoms. The van der Waals surface area contributed by atoms with Crippen LogP contribution >= 0.6 is 12.4 Å². The molecular formula is C12H24ClN3O. The number of likely N-dealkylation sites (tertiary alicyclic amines) is 1. The van der Waals surface area contributed by atoms with Crippen molar-refractivity contribution in [2.75, 3.05) is 39.8 Å². The van der Waals surface area contributed by atoms with Gasteiger partial charge >= 0.3 is 0 Å². The molecule has 1 atom stereocenters. The molecule has 100 valence electrons. The summed E-state index contributed by atoms with van der Waals surface area (Å²) in [6, 6.07) is 0.561. The lowest BCUT2D eigenvalue weighted by Crippen LogP contribution is -2.58. The van der Waals surface area contributed by atoms with Crippen LogP contribution in [-0.4, -0.2) is 61.5 Å². The summed E-state index contributed by atoms with van der Waals surface area (Å²) in [5.41, 5.74) is 0. The summed E-state index contributed by atoms with van der Waals surface area (Å²) >= 11 is 0. The van der Waals surface area contributed by atoms with Crippen molar-refractivity contribution in [1.29, 1.82) is 0 Å². The number of likely N-dealkylation sites (N-methyl/N-ethyl adjacent to an activating group) is 1. The lowest BCUT2D eigenvalue weighted by molar-refractivity contribution is -0.134. The fourth-order valence-corrected chi connectivity index (χ4v) is 2.44. The quantitative estimate of drug-likeness (QED) is 0.807. The summed E-state index contributed by atoms with van der Waals surface area (Å²) in [4.78, 5) is 16.3. The second kappa shape index (κ2) is 6.57. The number of hydrogen-bond donors (Lipinski definition) is 1. The summed E-state index contributed by atoms with van der Waals surface area (Å²) in [6.07, 6.45) is 2.44. The van der Waals surface area contributed by atoms with Crippen LogP contribution < -0.4 is 5.32 Å². The lowest BCUT2D eigenvalue weighted by atomic mass is 10.0. The number of carbonyl (C=O) groups excluding carboxylic acids is 1. The molecule has 17 heavy (non-hydrogen) atoms. The van der Waals surface area contributed by atoms with Gasteiger partial charge in [-0.2, -0.15) is 0 Å². The third-order valence-corrected chi connectivity index (χ3v) is 3.78.